The molecule has 0 unspecified atom stereocenters. The molecule has 1 heterocycles. The molecular weight excluding hydrogens is 357 g/mol. The van der Waals surface area contributed by atoms with Crippen molar-refractivity contribution in [2.45, 2.75) is 38.1 Å². The largest absolute Gasteiger partial charge is 0.431 e. The number of hydrogen-bond donors (Lipinski definition) is 1. The number of aryl methyl sites for hydroxylation is 2. The molecule has 1 amide bonds. The number of rotatable bonds is 4. The Bertz CT molecular complexity index is 848. The van der Waals surface area contributed by atoms with Crippen LogP contribution in [-0.4, -0.2) is 27.9 Å². The average molecular weight is 376 g/mol. The summed E-state index contributed by atoms with van der Waals surface area (Å²) in [5.74, 6) is -0.666. The summed E-state index contributed by atoms with van der Waals surface area (Å²) in [6.07, 6.45) is -5.23. The Hall–Kier alpha value is -2.67. The van der Waals surface area contributed by atoms with Crippen molar-refractivity contribution in [1.29, 1.82) is 0 Å². The number of benzene rings is 2. The molecular formula is C20H19F3N2O2. The van der Waals surface area contributed by atoms with E-state index in [9.17, 15) is 23.1 Å². The van der Waals surface area contributed by atoms with E-state index in [2.05, 4.69) is 5.10 Å². The maximum Gasteiger partial charge on any atom is 0.431 e. The smallest absolute Gasteiger partial charge is 0.365 e. The molecule has 4 nitrogen and oxygen atoms in total. The highest BCUT2D eigenvalue weighted by Crippen LogP contribution is 2.40. The van der Waals surface area contributed by atoms with Crippen LogP contribution in [0.1, 0.15) is 29.5 Å². The maximum atomic E-state index is 13.2. The highest BCUT2D eigenvalue weighted by molar-refractivity contribution is 5.94. The minimum atomic E-state index is -4.72. The van der Waals surface area contributed by atoms with E-state index in [-0.39, 0.29) is 12.0 Å². The van der Waals surface area contributed by atoms with E-state index >= 15 is 0 Å². The van der Waals surface area contributed by atoms with Gasteiger partial charge in [-0.2, -0.15) is 23.3 Å². The molecule has 2 aromatic carbocycles. The predicted molar refractivity (Wildman–Crippen MR) is 94.8 cm³/mol. The third kappa shape index (κ3) is 4.03. The first-order valence-corrected chi connectivity index (χ1v) is 8.51. The number of carbonyl (C=O) groups is 1. The lowest BCUT2D eigenvalue weighted by Gasteiger charge is -2.31. The van der Waals surface area contributed by atoms with Gasteiger partial charge in [-0.1, -0.05) is 60.2 Å². The van der Waals surface area contributed by atoms with Crippen LogP contribution in [-0.2, 0) is 16.9 Å². The molecule has 1 atom stereocenters. The zero-order chi connectivity index (χ0) is 19.7. The van der Waals surface area contributed by atoms with Crippen molar-refractivity contribution in [3.05, 3.63) is 71.3 Å². The fourth-order valence-corrected chi connectivity index (χ4v) is 3.01. The molecule has 2 aromatic rings. The highest BCUT2D eigenvalue weighted by atomic mass is 19.4. The number of carbonyl (C=O) groups excluding carboxylic acids is 1. The number of aliphatic hydroxyl groups is 1. The van der Waals surface area contributed by atoms with E-state index in [1.54, 1.807) is 12.1 Å². The lowest BCUT2D eigenvalue weighted by molar-refractivity contribution is -0.157. The van der Waals surface area contributed by atoms with Crippen LogP contribution in [0.4, 0.5) is 13.2 Å². The van der Waals surface area contributed by atoms with Gasteiger partial charge in [0, 0.05) is 12.0 Å². The number of hydrazone groups is 1. The Balaban J connectivity index is 1.88. The van der Waals surface area contributed by atoms with Gasteiger partial charge in [0.25, 0.3) is 0 Å². The molecule has 7 heteroatoms. The molecule has 0 saturated carbocycles. The Morgan fingerprint density at radius 2 is 1.78 bits per heavy atom. The number of alkyl halides is 3. The van der Waals surface area contributed by atoms with Gasteiger partial charge in [0.05, 0.1) is 6.42 Å². The number of amides is 1. The number of hydrogen-bond acceptors (Lipinski definition) is 3. The van der Waals surface area contributed by atoms with Crippen molar-refractivity contribution in [1.82, 2.24) is 5.01 Å². The van der Waals surface area contributed by atoms with E-state index in [4.69, 9.17) is 0 Å². The molecule has 0 bridgehead atoms. The third-order valence-corrected chi connectivity index (χ3v) is 4.53. The summed E-state index contributed by atoms with van der Waals surface area (Å²) in [4.78, 5) is 12.6. The molecule has 1 aliphatic heterocycles. The van der Waals surface area contributed by atoms with Crippen molar-refractivity contribution >= 4 is 11.6 Å². The molecule has 0 aromatic heterocycles. The van der Waals surface area contributed by atoms with Crippen molar-refractivity contribution < 1.29 is 23.1 Å². The van der Waals surface area contributed by atoms with Gasteiger partial charge in [-0.25, -0.2) is 0 Å². The summed E-state index contributed by atoms with van der Waals surface area (Å²) < 4.78 is 39.6. The second kappa shape index (κ2) is 7.15. The molecule has 27 heavy (non-hydrogen) atoms. The van der Waals surface area contributed by atoms with Gasteiger partial charge in [0.15, 0.2) is 5.72 Å². The van der Waals surface area contributed by atoms with E-state index in [0.29, 0.717) is 11.4 Å². The summed E-state index contributed by atoms with van der Waals surface area (Å²) in [6.45, 7) is 1.82. The van der Waals surface area contributed by atoms with Crippen LogP contribution in [0.5, 0.6) is 0 Å². The average Bonchev–Trinajstić information content (AvgIpc) is 3.00. The normalized spacial score (nSPS) is 19.9. The molecule has 1 aliphatic rings. The zero-order valence-electron chi connectivity index (χ0n) is 14.7. The van der Waals surface area contributed by atoms with Crippen molar-refractivity contribution in [2.75, 3.05) is 0 Å². The first-order valence-electron chi connectivity index (χ1n) is 8.51. The van der Waals surface area contributed by atoms with Crippen LogP contribution in [0.3, 0.4) is 0 Å². The van der Waals surface area contributed by atoms with Crippen molar-refractivity contribution in [3.8, 4) is 0 Å². The van der Waals surface area contributed by atoms with Gasteiger partial charge >= 0.3 is 6.18 Å². The van der Waals surface area contributed by atoms with Crippen LogP contribution < -0.4 is 0 Å². The fraction of sp³-hybridized carbons (Fsp3) is 0.300. The Kier molecular flexibility index (Phi) is 5.06. The van der Waals surface area contributed by atoms with E-state index in [1.165, 1.54) is 12.1 Å². The van der Waals surface area contributed by atoms with Gasteiger partial charge in [0.2, 0.25) is 5.91 Å². The van der Waals surface area contributed by atoms with Gasteiger partial charge in [-0.3, -0.25) is 4.79 Å². The third-order valence-electron chi connectivity index (χ3n) is 4.53. The zero-order valence-corrected chi connectivity index (χ0v) is 14.7. The Labute approximate surface area is 154 Å². The highest BCUT2D eigenvalue weighted by Gasteiger charge is 2.52. The summed E-state index contributed by atoms with van der Waals surface area (Å²) in [6, 6.07) is 15.5. The summed E-state index contributed by atoms with van der Waals surface area (Å²) in [5, 5.41) is 15.0. The lowest BCUT2D eigenvalue weighted by Crippen LogP contribution is -2.43. The second-order valence-corrected chi connectivity index (χ2v) is 6.60. The van der Waals surface area contributed by atoms with Crippen LogP contribution in [0.2, 0.25) is 0 Å². The van der Waals surface area contributed by atoms with Crippen molar-refractivity contribution in [3.63, 3.8) is 0 Å². The van der Waals surface area contributed by atoms with E-state index in [1.807, 2.05) is 37.3 Å². The van der Waals surface area contributed by atoms with Gasteiger partial charge in [0.1, 0.15) is 5.71 Å². The Morgan fingerprint density at radius 1 is 1.15 bits per heavy atom. The predicted octanol–water partition coefficient (Wildman–Crippen LogP) is 3.92. The summed E-state index contributed by atoms with van der Waals surface area (Å²) in [7, 11) is 0. The quantitative estimate of drug-likeness (QED) is 0.879. The number of halogens is 3. The molecule has 0 radical (unpaired) electrons. The Morgan fingerprint density at radius 3 is 2.37 bits per heavy atom. The standard InChI is InChI=1S/C20H19F3N2O2/c1-14-7-10-16(11-8-14)19(27)13-17(20(21,22)23)24-25(19)18(26)12-9-15-5-3-2-4-6-15/h2-8,10-11,27H,9,12-13H2,1H3/t19-/m1/s1. The monoisotopic (exact) mass is 376 g/mol. The maximum absolute atomic E-state index is 13.2. The minimum absolute atomic E-state index is 0.0627. The van der Waals surface area contributed by atoms with Crippen LogP contribution in [0, 0.1) is 6.92 Å². The molecule has 1 N–H and O–H groups in total. The van der Waals surface area contributed by atoms with Gasteiger partial charge in [-0.15, -0.1) is 0 Å². The lowest BCUT2D eigenvalue weighted by atomic mass is 9.96. The van der Waals surface area contributed by atoms with Gasteiger partial charge < -0.3 is 5.11 Å². The summed E-state index contributed by atoms with van der Waals surface area (Å²) in [5.41, 5.74) is -1.35. The molecule has 0 fully saturated rings. The van der Waals surface area contributed by atoms with E-state index < -0.39 is 29.9 Å². The first kappa shape index (κ1) is 19.1. The first-order chi connectivity index (χ1) is 12.7. The topological polar surface area (TPSA) is 52.9 Å². The minimum Gasteiger partial charge on any atom is -0.365 e. The number of nitrogens with zero attached hydrogens (tertiary/aromatic N) is 2. The van der Waals surface area contributed by atoms with Crippen LogP contribution in [0.25, 0.3) is 0 Å². The fourth-order valence-electron chi connectivity index (χ4n) is 3.01. The SMILES string of the molecule is Cc1ccc([C@]2(O)CC(C(F)(F)F)=NN2C(=O)CCc2ccccc2)cc1. The van der Waals surface area contributed by atoms with Crippen LogP contribution >= 0.6 is 0 Å². The summed E-state index contributed by atoms with van der Waals surface area (Å²) >= 11 is 0. The molecule has 3 rings (SSSR count). The molecule has 0 saturated heterocycles. The molecule has 142 valence electrons. The van der Waals surface area contributed by atoms with E-state index in [0.717, 1.165) is 11.1 Å². The van der Waals surface area contributed by atoms with Gasteiger partial charge in [-0.05, 0) is 18.9 Å². The second-order valence-electron chi connectivity index (χ2n) is 6.60. The van der Waals surface area contributed by atoms with Crippen LogP contribution in [0.15, 0.2) is 59.7 Å². The molecule has 0 aliphatic carbocycles. The molecule has 0 spiro atoms. The van der Waals surface area contributed by atoms with Crippen molar-refractivity contribution in [2.24, 2.45) is 5.10 Å².